The Morgan fingerprint density at radius 1 is 1.06 bits per heavy atom. The summed E-state index contributed by atoms with van der Waals surface area (Å²) < 4.78 is 39.5. The quantitative estimate of drug-likeness (QED) is 0.264. The molecule has 0 aliphatic rings. The molecule has 4 aromatic rings. The molecule has 4 nitrogen and oxygen atoms in total. The molecular formula is C23H19F3N2O2S3. The number of carbonyl (C=O) groups is 1. The van der Waals surface area contributed by atoms with Gasteiger partial charge in [-0.05, 0) is 37.6 Å². The van der Waals surface area contributed by atoms with Gasteiger partial charge in [0, 0.05) is 27.5 Å². The first-order valence-corrected chi connectivity index (χ1v) is 12.6. The maximum absolute atomic E-state index is 12.8. The first kappa shape index (κ1) is 23.7. The number of nitrogens with zero attached hydrogens (tertiary/aromatic N) is 2. The second-order valence-corrected chi connectivity index (χ2v) is 10.6. The molecule has 33 heavy (non-hydrogen) atoms. The monoisotopic (exact) mass is 508 g/mol. The standard InChI is InChI=1S/C23H19F3N2O2S3/c1-12-3-8-16(21-20(12)28-18(33-21)9-10-19(29)30)31-11-17-13(2)27-22(32-17)14-4-6-15(7-5-14)23(24,25)26/h3-8H,9-11H2,1-2H3,(H,29,30). The largest absolute Gasteiger partial charge is 0.481 e. The zero-order valence-corrected chi connectivity index (χ0v) is 20.1. The van der Waals surface area contributed by atoms with Crippen LogP contribution in [0.3, 0.4) is 0 Å². The topological polar surface area (TPSA) is 63.1 Å². The molecule has 2 heterocycles. The van der Waals surface area contributed by atoms with Crippen LogP contribution in [0.15, 0.2) is 41.3 Å². The maximum Gasteiger partial charge on any atom is 0.416 e. The highest BCUT2D eigenvalue weighted by atomic mass is 32.2. The van der Waals surface area contributed by atoms with Crippen LogP contribution in [0.4, 0.5) is 13.2 Å². The summed E-state index contributed by atoms with van der Waals surface area (Å²) in [5.41, 5.74) is 2.79. The lowest BCUT2D eigenvalue weighted by molar-refractivity contribution is -0.138. The number of halogens is 3. The first-order chi connectivity index (χ1) is 15.6. The maximum atomic E-state index is 12.8. The number of aromatic nitrogens is 2. The van der Waals surface area contributed by atoms with Gasteiger partial charge in [0.2, 0.25) is 0 Å². The summed E-state index contributed by atoms with van der Waals surface area (Å²) in [6, 6.07) is 9.13. The average Bonchev–Trinajstić information content (AvgIpc) is 3.36. The van der Waals surface area contributed by atoms with Gasteiger partial charge in [0.1, 0.15) is 5.01 Å². The molecule has 0 radical (unpaired) electrons. The molecular weight excluding hydrogens is 489 g/mol. The molecule has 172 valence electrons. The van der Waals surface area contributed by atoms with E-state index in [9.17, 15) is 18.0 Å². The fourth-order valence-electron chi connectivity index (χ4n) is 3.22. The molecule has 0 spiro atoms. The van der Waals surface area contributed by atoms with E-state index in [1.165, 1.54) is 34.8 Å². The Kier molecular flexibility index (Phi) is 6.78. The molecule has 0 aliphatic heterocycles. The zero-order valence-electron chi connectivity index (χ0n) is 17.7. The van der Waals surface area contributed by atoms with E-state index in [0.29, 0.717) is 22.7 Å². The lowest BCUT2D eigenvalue weighted by Crippen LogP contribution is -2.03. The van der Waals surface area contributed by atoms with Crippen LogP contribution in [-0.4, -0.2) is 21.0 Å². The molecule has 2 aromatic heterocycles. The minimum Gasteiger partial charge on any atom is -0.481 e. The molecule has 0 saturated heterocycles. The van der Waals surface area contributed by atoms with Gasteiger partial charge in [-0.1, -0.05) is 18.2 Å². The highest BCUT2D eigenvalue weighted by Crippen LogP contribution is 2.39. The Hall–Kier alpha value is -2.43. The minimum atomic E-state index is -4.36. The summed E-state index contributed by atoms with van der Waals surface area (Å²) >= 11 is 4.66. The van der Waals surface area contributed by atoms with Crippen LogP contribution >= 0.6 is 34.4 Å². The highest BCUT2D eigenvalue weighted by Gasteiger charge is 2.30. The van der Waals surface area contributed by atoms with Crippen LogP contribution in [0.2, 0.25) is 0 Å². The van der Waals surface area contributed by atoms with Crippen molar-refractivity contribution >= 4 is 50.6 Å². The number of hydrogen-bond donors (Lipinski definition) is 1. The predicted octanol–water partition coefficient (Wildman–Crippen LogP) is 7.36. The summed E-state index contributed by atoms with van der Waals surface area (Å²) in [5.74, 6) is -0.171. The van der Waals surface area contributed by atoms with Gasteiger partial charge in [0.15, 0.2) is 0 Å². The van der Waals surface area contributed by atoms with Crippen molar-refractivity contribution in [2.45, 2.75) is 43.5 Å². The fraction of sp³-hybridized carbons (Fsp3) is 0.261. The SMILES string of the molecule is Cc1nc(-c2ccc(C(F)(F)F)cc2)sc1CSc1ccc(C)c2nc(CCC(=O)O)sc12. The van der Waals surface area contributed by atoms with Crippen LogP contribution < -0.4 is 0 Å². The molecule has 0 unspecified atom stereocenters. The Bertz CT molecular complexity index is 1310. The zero-order chi connectivity index (χ0) is 23.8. The molecule has 4 rings (SSSR count). The number of rotatable bonds is 7. The number of carboxylic acid groups (broad SMARTS) is 1. The average molecular weight is 509 g/mol. The Labute approximate surface area is 200 Å². The van der Waals surface area contributed by atoms with E-state index in [0.717, 1.165) is 48.4 Å². The van der Waals surface area contributed by atoms with Crippen molar-refractivity contribution in [1.82, 2.24) is 9.97 Å². The second kappa shape index (κ2) is 9.44. The van der Waals surface area contributed by atoms with Crippen LogP contribution in [0, 0.1) is 13.8 Å². The van der Waals surface area contributed by atoms with Crippen molar-refractivity contribution in [2.24, 2.45) is 0 Å². The van der Waals surface area contributed by atoms with Crippen molar-refractivity contribution in [3.8, 4) is 10.6 Å². The van der Waals surface area contributed by atoms with E-state index in [-0.39, 0.29) is 6.42 Å². The molecule has 0 bridgehead atoms. The van der Waals surface area contributed by atoms with Crippen molar-refractivity contribution in [3.63, 3.8) is 0 Å². The molecule has 0 aliphatic carbocycles. The van der Waals surface area contributed by atoms with Gasteiger partial charge in [0.05, 0.1) is 32.9 Å². The Balaban J connectivity index is 1.53. The number of thiazole rings is 2. The number of hydrogen-bond acceptors (Lipinski definition) is 6. The Morgan fingerprint density at radius 2 is 1.79 bits per heavy atom. The van der Waals surface area contributed by atoms with Crippen LogP contribution in [-0.2, 0) is 23.1 Å². The predicted molar refractivity (Wildman–Crippen MR) is 127 cm³/mol. The van der Waals surface area contributed by atoms with E-state index in [4.69, 9.17) is 5.11 Å². The number of alkyl halides is 3. The van der Waals surface area contributed by atoms with Crippen molar-refractivity contribution in [1.29, 1.82) is 0 Å². The molecule has 2 aromatic carbocycles. The summed E-state index contributed by atoms with van der Waals surface area (Å²) in [6.45, 7) is 3.89. The van der Waals surface area contributed by atoms with Crippen molar-refractivity contribution in [3.05, 3.63) is 63.1 Å². The van der Waals surface area contributed by atoms with Gasteiger partial charge in [-0.25, -0.2) is 9.97 Å². The van der Waals surface area contributed by atoms with Crippen molar-refractivity contribution in [2.75, 3.05) is 0 Å². The van der Waals surface area contributed by atoms with Gasteiger partial charge in [-0.3, -0.25) is 4.79 Å². The van der Waals surface area contributed by atoms with Crippen LogP contribution in [0.25, 0.3) is 20.8 Å². The van der Waals surface area contributed by atoms with Gasteiger partial charge in [-0.15, -0.1) is 34.4 Å². The number of thioether (sulfide) groups is 1. The van der Waals surface area contributed by atoms with Gasteiger partial charge >= 0.3 is 12.1 Å². The van der Waals surface area contributed by atoms with Gasteiger partial charge in [-0.2, -0.15) is 13.2 Å². The highest BCUT2D eigenvalue weighted by molar-refractivity contribution is 7.99. The van der Waals surface area contributed by atoms with E-state index < -0.39 is 17.7 Å². The third kappa shape index (κ3) is 5.39. The van der Waals surface area contributed by atoms with E-state index in [1.54, 1.807) is 11.8 Å². The number of aliphatic carboxylic acids is 1. The molecule has 0 amide bonds. The third-order valence-electron chi connectivity index (χ3n) is 5.02. The number of carboxylic acids is 1. The van der Waals surface area contributed by atoms with Gasteiger partial charge < -0.3 is 5.11 Å². The summed E-state index contributed by atoms with van der Waals surface area (Å²) in [4.78, 5) is 22.2. The van der Waals surface area contributed by atoms with Crippen molar-refractivity contribution < 1.29 is 23.1 Å². The number of aryl methyl sites for hydroxylation is 3. The molecule has 0 saturated carbocycles. The first-order valence-electron chi connectivity index (χ1n) is 9.99. The summed E-state index contributed by atoms with van der Waals surface area (Å²) in [7, 11) is 0. The van der Waals surface area contributed by atoms with Crippen LogP contribution in [0.1, 0.15) is 33.1 Å². The van der Waals surface area contributed by atoms with Gasteiger partial charge in [0.25, 0.3) is 0 Å². The summed E-state index contributed by atoms with van der Waals surface area (Å²) in [5, 5.41) is 10.4. The molecule has 10 heteroatoms. The van der Waals surface area contributed by atoms with Crippen LogP contribution in [0.5, 0.6) is 0 Å². The van der Waals surface area contributed by atoms with E-state index in [2.05, 4.69) is 16.0 Å². The molecule has 0 atom stereocenters. The Morgan fingerprint density at radius 3 is 2.45 bits per heavy atom. The third-order valence-corrected chi connectivity index (χ3v) is 8.77. The minimum absolute atomic E-state index is 0.0497. The number of benzene rings is 2. The lowest BCUT2D eigenvalue weighted by Gasteiger charge is -2.06. The lowest BCUT2D eigenvalue weighted by atomic mass is 10.1. The second-order valence-electron chi connectivity index (χ2n) is 7.45. The van der Waals surface area contributed by atoms with E-state index in [1.807, 2.05) is 19.9 Å². The molecule has 0 fully saturated rings. The fourth-order valence-corrected chi connectivity index (χ4v) is 6.73. The normalized spacial score (nSPS) is 11.9. The molecule has 1 N–H and O–H groups in total. The van der Waals surface area contributed by atoms with E-state index >= 15 is 0 Å². The summed E-state index contributed by atoms with van der Waals surface area (Å²) in [6.07, 6.45) is -3.90. The smallest absolute Gasteiger partial charge is 0.416 e. The number of fused-ring (bicyclic) bond motifs is 1.